The molecule has 1 aromatic rings. The van der Waals surface area contributed by atoms with Crippen LogP contribution < -0.4 is 4.74 Å². The van der Waals surface area contributed by atoms with Crippen molar-refractivity contribution in [2.75, 3.05) is 7.11 Å². The largest absolute Gasteiger partial charge is 0.496 e. The van der Waals surface area contributed by atoms with E-state index in [0.717, 1.165) is 0 Å². The molecular formula is C11H10ClNO2. The van der Waals surface area contributed by atoms with Gasteiger partial charge in [0.25, 0.3) is 0 Å². The molecule has 78 valence electrons. The van der Waals surface area contributed by atoms with Gasteiger partial charge in [-0.1, -0.05) is 11.6 Å². The van der Waals surface area contributed by atoms with Gasteiger partial charge in [0.2, 0.25) is 0 Å². The predicted molar refractivity (Wildman–Crippen MR) is 56.9 cm³/mol. The summed E-state index contributed by atoms with van der Waals surface area (Å²) < 4.78 is 5.09. The average molecular weight is 224 g/mol. The maximum Gasteiger partial charge on any atom is 0.151 e. The molecule has 0 aliphatic rings. The summed E-state index contributed by atoms with van der Waals surface area (Å²) >= 11 is 5.80. The highest BCUT2D eigenvalue weighted by molar-refractivity contribution is 6.30. The first-order chi connectivity index (χ1) is 7.17. The Labute approximate surface area is 93.2 Å². The summed E-state index contributed by atoms with van der Waals surface area (Å²) in [5.41, 5.74) is 0.713. The highest BCUT2D eigenvalue weighted by atomic mass is 35.5. The summed E-state index contributed by atoms with van der Waals surface area (Å²) in [7, 11) is 1.53. The van der Waals surface area contributed by atoms with Crippen LogP contribution in [0.4, 0.5) is 0 Å². The molecule has 0 bridgehead atoms. The number of carbonyl (C=O) groups excluding carboxylic acids is 1. The molecule has 0 aliphatic carbocycles. The van der Waals surface area contributed by atoms with Crippen LogP contribution >= 0.6 is 11.6 Å². The zero-order valence-electron chi connectivity index (χ0n) is 8.29. The molecule has 15 heavy (non-hydrogen) atoms. The van der Waals surface area contributed by atoms with Crippen molar-refractivity contribution in [3.05, 3.63) is 28.8 Å². The number of ether oxygens (including phenoxy) is 1. The number of halogens is 1. The Morgan fingerprint density at radius 2 is 2.33 bits per heavy atom. The van der Waals surface area contributed by atoms with Crippen molar-refractivity contribution in [1.29, 1.82) is 5.26 Å². The van der Waals surface area contributed by atoms with Crippen LogP contribution in [0.5, 0.6) is 5.75 Å². The highest BCUT2D eigenvalue weighted by Gasteiger charge is 2.08. The number of hydrogen-bond acceptors (Lipinski definition) is 3. The van der Waals surface area contributed by atoms with Gasteiger partial charge >= 0.3 is 0 Å². The third-order valence-electron chi connectivity index (χ3n) is 1.91. The fourth-order valence-corrected chi connectivity index (χ4v) is 1.44. The van der Waals surface area contributed by atoms with Crippen LogP contribution in [0.25, 0.3) is 0 Å². The second kappa shape index (κ2) is 5.38. The second-order valence-electron chi connectivity index (χ2n) is 3.01. The lowest BCUT2D eigenvalue weighted by atomic mass is 10.1. The van der Waals surface area contributed by atoms with Gasteiger partial charge in [-0.05, 0) is 18.2 Å². The summed E-state index contributed by atoms with van der Waals surface area (Å²) in [6.07, 6.45) is 0.0902. The van der Waals surface area contributed by atoms with Crippen LogP contribution in [-0.4, -0.2) is 12.9 Å². The summed E-state index contributed by atoms with van der Waals surface area (Å²) in [4.78, 5) is 11.3. The fraction of sp³-hybridized carbons (Fsp3) is 0.273. The van der Waals surface area contributed by atoms with Gasteiger partial charge in [0, 0.05) is 17.0 Å². The molecule has 0 atom stereocenters. The summed E-state index contributed by atoms with van der Waals surface area (Å²) in [5.74, 6) is 0.476. The van der Waals surface area contributed by atoms with Crippen molar-refractivity contribution in [3.8, 4) is 11.8 Å². The van der Waals surface area contributed by atoms with Crippen molar-refractivity contribution < 1.29 is 9.53 Å². The number of hydrogen-bond donors (Lipinski definition) is 0. The quantitative estimate of drug-likeness (QED) is 0.788. The van der Waals surface area contributed by atoms with E-state index in [1.54, 1.807) is 18.2 Å². The Balaban J connectivity index is 2.88. The minimum atomic E-state index is -0.141. The molecule has 0 fully saturated rings. The van der Waals surface area contributed by atoms with Gasteiger partial charge in [-0.25, -0.2) is 0 Å². The maximum atomic E-state index is 11.3. The van der Waals surface area contributed by atoms with Crippen molar-refractivity contribution in [3.63, 3.8) is 0 Å². The summed E-state index contributed by atoms with van der Waals surface area (Å²) in [6, 6.07) is 6.89. The Morgan fingerprint density at radius 3 is 2.93 bits per heavy atom. The molecule has 0 unspecified atom stereocenters. The lowest BCUT2D eigenvalue weighted by Crippen LogP contribution is -2.03. The van der Waals surface area contributed by atoms with E-state index in [9.17, 15) is 4.79 Å². The van der Waals surface area contributed by atoms with E-state index in [1.165, 1.54) is 7.11 Å². The van der Waals surface area contributed by atoms with Crippen LogP contribution in [-0.2, 0) is 11.2 Å². The number of benzene rings is 1. The molecule has 1 aromatic carbocycles. The minimum absolute atomic E-state index is 0.0876. The van der Waals surface area contributed by atoms with Gasteiger partial charge in [-0.15, -0.1) is 0 Å². The third kappa shape index (κ3) is 3.26. The van der Waals surface area contributed by atoms with E-state index in [4.69, 9.17) is 21.6 Å². The predicted octanol–water partition coefficient (Wildman–Crippen LogP) is 2.37. The topological polar surface area (TPSA) is 50.1 Å². The first-order valence-corrected chi connectivity index (χ1v) is 4.76. The van der Waals surface area contributed by atoms with Crippen LogP contribution in [0.2, 0.25) is 5.02 Å². The standard InChI is InChI=1S/C11H10ClNO2/c1-15-11-3-2-9(12)6-8(11)7-10(14)4-5-13/h2-3,6H,4,7H2,1H3. The number of ketones is 1. The number of nitrogens with zero attached hydrogens (tertiary/aromatic N) is 1. The van der Waals surface area contributed by atoms with Crippen LogP contribution in [0, 0.1) is 11.3 Å². The van der Waals surface area contributed by atoms with Gasteiger partial charge in [0.05, 0.1) is 19.6 Å². The van der Waals surface area contributed by atoms with Crippen molar-refractivity contribution in [1.82, 2.24) is 0 Å². The molecule has 0 saturated carbocycles. The van der Waals surface area contributed by atoms with E-state index in [0.29, 0.717) is 16.3 Å². The Bertz CT molecular complexity index is 410. The van der Waals surface area contributed by atoms with Crippen LogP contribution in [0.15, 0.2) is 18.2 Å². The average Bonchev–Trinajstić information content (AvgIpc) is 2.18. The van der Waals surface area contributed by atoms with Gasteiger partial charge in [-0.3, -0.25) is 4.79 Å². The smallest absolute Gasteiger partial charge is 0.151 e. The van der Waals surface area contributed by atoms with E-state index >= 15 is 0 Å². The van der Waals surface area contributed by atoms with Crippen molar-refractivity contribution in [2.45, 2.75) is 12.8 Å². The van der Waals surface area contributed by atoms with Gasteiger partial charge in [0.15, 0.2) is 5.78 Å². The third-order valence-corrected chi connectivity index (χ3v) is 2.14. The summed E-state index contributed by atoms with van der Waals surface area (Å²) in [5, 5.41) is 8.92. The monoisotopic (exact) mass is 223 g/mol. The molecule has 0 N–H and O–H groups in total. The molecule has 0 aromatic heterocycles. The number of nitriles is 1. The first-order valence-electron chi connectivity index (χ1n) is 4.38. The second-order valence-corrected chi connectivity index (χ2v) is 3.44. The van der Waals surface area contributed by atoms with E-state index in [2.05, 4.69) is 0 Å². The number of carbonyl (C=O) groups is 1. The molecule has 0 radical (unpaired) electrons. The van der Waals surface area contributed by atoms with Gasteiger partial charge in [-0.2, -0.15) is 5.26 Å². The minimum Gasteiger partial charge on any atom is -0.496 e. The molecule has 0 saturated heterocycles. The highest BCUT2D eigenvalue weighted by Crippen LogP contribution is 2.23. The van der Waals surface area contributed by atoms with E-state index < -0.39 is 0 Å². The first kappa shape index (κ1) is 11.5. The molecule has 3 nitrogen and oxygen atoms in total. The van der Waals surface area contributed by atoms with Crippen molar-refractivity contribution >= 4 is 17.4 Å². The summed E-state index contributed by atoms with van der Waals surface area (Å²) in [6.45, 7) is 0. The molecule has 4 heteroatoms. The lowest BCUT2D eigenvalue weighted by molar-refractivity contribution is -0.117. The normalized spacial score (nSPS) is 9.40. The Morgan fingerprint density at radius 1 is 1.60 bits per heavy atom. The molecule has 0 spiro atoms. The fourth-order valence-electron chi connectivity index (χ4n) is 1.25. The maximum absolute atomic E-state index is 11.3. The zero-order chi connectivity index (χ0) is 11.3. The zero-order valence-corrected chi connectivity index (χ0v) is 9.04. The van der Waals surface area contributed by atoms with E-state index in [1.807, 2.05) is 6.07 Å². The van der Waals surface area contributed by atoms with Gasteiger partial charge in [0.1, 0.15) is 5.75 Å². The molecule has 1 rings (SSSR count). The SMILES string of the molecule is COc1ccc(Cl)cc1CC(=O)CC#N. The molecular weight excluding hydrogens is 214 g/mol. The number of methoxy groups -OCH3 is 1. The van der Waals surface area contributed by atoms with E-state index in [-0.39, 0.29) is 18.6 Å². The molecule has 0 amide bonds. The Kier molecular flexibility index (Phi) is 4.14. The van der Waals surface area contributed by atoms with Crippen LogP contribution in [0.1, 0.15) is 12.0 Å². The van der Waals surface area contributed by atoms with Gasteiger partial charge < -0.3 is 4.74 Å². The Hall–Kier alpha value is -1.53. The molecule has 0 aliphatic heterocycles. The van der Waals surface area contributed by atoms with Crippen molar-refractivity contribution in [2.24, 2.45) is 0 Å². The van der Waals surface area contributed by atoms with Crippen LogP contribution in [0.3, 0.4) is 0 Å². The molecule has 0 heterocycles. The number of Topliss-reactive ketones (excluding diaryl/α,β-unsaturated/α-hetero) is 1. The lowest BCUT2D eigenvalue weighted by Gasteiger charge is -2.07. The number of rotatable bonds is 4.